The predicted molar refractivity (Wildman–Crippen MR) is 91.8 cm³/mol. The Morgan fingerprint density at radius 3 is 2.46 bits per heavy atom. The molecule has 1 aliphatic carbocycles. The summed E-state index contributed by atoms with van der Waals surface area (Å²) in [5, 5.41) is 5.45. The van der Waals surface area contributed by atoms with E-state index in [9.17, 15) is 8.42 Å². The minimum atomic E-state index is -4.03. The highest BCUT2D eigenvalue weighted by atomic mass is 35.5. The van der Waals surface area contributed by atoms with E-state index in [1.165, 1.54) is 0 Å². The largest absolute Gasteiger partial charge is 0.341 e. The normalized spacial score (nSPS) is 25.5. The highest BCUT2D eigenvalue weighted by Crippen LogP contribution is 2.48. The summed E-state index contributed by atoms with van der Waals surface area (Å²) >= 11 is 6.24. The molecule has 0 radical (unpaired) electrons. The van der Waals surface area contributed by atoms with Crippen LogP contribution < -0.4 is 5.14 Å². The molecule has 1 saturated heterocycles. The highest BCUT2D eigenvalue weighted by molar-refractivity contribution is 7.84. The second-order valence-electron chi connectivity index (χ2n) is 5.61. The zero-order valence-electron chi connectivity index (χ0n) is 13.9. The van der Waals surface area contributed by atoms with E-state index in [2.05, 4.69) is 0 Å². The average molecular weight is 378 g/mol. The number of hydrogen-bond donors (Lipinski definition) is 1. The van der Waals surface area contributed by atoms with Crippen LogP contribution in [0.5, 0.6) is 0 Å². The van der Waals surface area contributed by atoms with E-state index in [1.807, 2.05) is 32.0 Å². The smallest absolute Gasteiger partial charge is 0.333 e. The van der Waals surface area contributed by atoms with Crippen molar-refractivity contribution in [2.24, 2.45) is 5.14 Å². The lowest BCUT2D eigenvalue weighted by molar-refractivity contribution is -0.171. The Morgan fingerprint density at radius 2 is 1.88 bits per heavy atom. The number of benzene rings is 1. The van der Waals surface area contributed by atoms with Gasteiger partial charge in [-0.15, -0.1) is 0 Å². The fourth-order valence-electron chi connectivity index (χ4n) is 3.08. The maximum absolute atomic E-state index is 11.0. The Labute approximate surface area is 148 Å². The molecule has 2 unspecified atom stereocenters. The summed E-state index contributed by atoms with van der Waals surface area (Å²) in [6, 6.07) is 7.27. The summed E-state index contributed by atoms with van der Waals surface area (Å²) in [5.41, 5.74) is 0.760. The van der Waals surface area contributed by atoms with Crippen molar-refractivity contribution in [1.82, 2.24) is 0 Å². The molecule has 1 aromatic rings. The van der Waals surface area contributed by atoms with Crippen molar-refractivity contribution in [2.45, 2.75) is 57.5 Å². The van der Waals surface area contributed by atoms with Crippen molar-refractivity contribution in [3.05, 3.63) is 34.9 Å². The van der Waals surface area contributed by atoms with E-state index in [0.717, 1.165) is 31.2 Å². The zero-order chi connectivity index (χ0) is 17.8. The first-order chi connectivity index (χ1) is 11.4. The van der Waals surface area contributed by atoms with Gasteiger partial charge in [-0.3, -0.25) is 4.18 Å². The minimum absolute atomic E-state index is 0.198. The summed E-state index contributed by atoms with van der Waals surface area (Å²) in [6.07, 6.45) is 2.53. The molecule has 0 amide bonds. The minimum Gasteiger partial charge on any atom is -0.341 e. The van der Waals surface area contributed by atoms with E-state index in [4.69, 9.17) is 30.4 Å². The summed E-state index contributed by atoms with van der Waals surface area (Å²) in [5.74, 6) is -0.670. The van der Waals surface area contributed by atoms with E-state index >= 15 is 0 Å². The van der Waals surface area contributed by atoms with Crippen LogP contribution in [0.25, 0.3) is 0 Å². The Balaban J connectivity index is 0.00000100. The van der Waals surface area contributed by atoms with Crippen LogP contribution in [0.4, 0.5) is 0 Å². The van der Waals surface area contributed by atoms with Crippen molar-refractivity contribution >= 4 is 21.9 Å². The number of rotatable bonds is 4. The maximum atomic E-state index is 11.0. The molecule has 0 aromatic heterocycles. The molecular formula is C16H24ClNO5S. The lowest BCUT2D eigenvalue weighted by Gasteiger charge is -2.22. The number of hydrogen-bond acceptors (Lipinski definition) is 5. The fourth-order valence-corrected chi connectivity index (χ4v) is 3.64. The van der Waals surface area contributed by atoms with E-state index in [-0.39, 0.29) is 6.61 Å². The SMILES string of the molecule is CC.NS(=O)(=O)OCC1OC2(CCCC2)OC1c1ccccc1Cl. The molecule has 2 atom stereocenters. The molecule has 6 nitrogen and oxygen atoms in total. The monoisotopic (exact) mass is 377 g/mol. The predicted octanol–water partition coefficient (Wildman–Crippen LogP) is 3.31. The zero-order valence-corrected chi connectivity index (χ0v) is 15.5. The van der Waals surface area contributed by atoms with Gasteiger partial charge in [0.2, 0.25) is 0 Å². The molecule has 1 saturated carbocycles. The molecule has 2 aliphatic rings. The van der Waals surface area contributed by atoms with Gasteiger partial charge >= 0.3 is 10.3 Å². The first kappa shape index (κ1) is 19.6. The van der Waals surface area contributed by atoms with Gasteiger partial charge in [-0.05, 0) is 18.9 Å². The van der Waals surface area contributed by atoms with Crippen LogP contribution in [0.2, 0.25) is 5.02 Å². The van der Waals surface area contributed by atoms with Gasteiger partial charge in [0.15, 0.2) is 5.79 Å². The molecule has 0 bridgehead atoms. The average Bonchev–Trinajstić information content (AvgIpc) is 3.15. The van der Waals surface area contributed by atoms with Gasteiger partial charge in [0.25, 0.3) is 0 Å². The van der Waals surface area contributed by atoms with Crippen LogP contribution in [0, 0.1) is 0 Å². The van der Waals surface area contributed by atoms with Gasteiger partial charge in [0, 0.05) is 23.4 Å². The van der Waals surface area contributed by atoms with Gasteiger partial charge < -0.3 is 9.47 Å². The van der Waals surface area contributed by atoms with Gasteiger partial charge in [0.05, 0.1) is 6.61 Å². The lowest BCUT2D eigenvalue weighted by atomic mass is 10.1. The molecule has 136 valence electrons. The van der Waals surface area contributed by atoms with Crippen LogP contribution in [-0.4, -0.2) is 26.9 Å². The van der Waals surface area contributed by atoms with Gasteiger partial charge in [-0.1, -0.05) is 43.6 Å². The van der Waals surface area contributed by atoms with Crippen molar-refractivity contribution in [1.29, 1.82) is 0 Å². The van der Waals surface area contributed by atoms with Crippen molar-refractivity contribution < 1.29 is 22.1 Å². The molecule has 1 spiro atoms. The molecule has 1 heterocycles. The van der Waals surface area contributed by atoms with Gasteiger partial charge in [-0.25, -0.2) is 5.14 Å². The van der Waals surface area contributed by atoms with Crippen molar-refractivity contribution in [3.8, 4) is 0 Å². The maximum Gasteiger partial charge on any atom is 0.333 e. The molecule has 2 N–H and O–H groups in total. The molecular weight excluding hydrogens is 354 g/mol. The summed E-state index contributed by atoms with van der Waals surface area (Å²) < 4.78 is 38.9. The van der Waals surface area contributed by atoms with Crippen LogP contribution in [0.15, 0.2) is 24.3 Å². The molecule has 24 heavy (non-hydrogen) atoms. The second-order valence-corrected chi connectivity index (χ2v) is 7.24. The molecule has 1 aromatic carbocycles. The number of nitrogens with two attached hydrogens (primary N) is 1. The summed E-state index contributed by atoms with van der Waals surface area (Å²) in [6.45, 7) is 3.80. The summed E-state index contributed by atoms with van der Waals surface area (Å²) in [7, 11) is -4.03. The summed E-state index contributed by atoms with van der Waals surface area (Å²) in [4.78, 5) is 0. The Bertz CT molecular complexity index is 646. The molecule has 8 heteroatoms. The van der Waals surface area contributed by atoms with E-state index in [0.29, 0.717) is 5.02 Å². The van der Waals surface area contributed by atoms with Crippen molar-refractivity contribution in [2.75, 3.05) is 6.61 Å². The number of ether oxygens (including phenoxy) is 2. The highest BCUT2D eigenvalue weighted by Gasteiger charge is 2.50. The Morgan fingerprint density at radius 1 is 1.25 bits per heavy atom. The molecule has 1 aliphatic heterocycles. The first-order valence-corrected chi connectivity index (χ1v) is 10.0. The van der Waals surface area contributed by atoms with Crippen LogP contribution in [0.1, 0.15) is 51.2 Å². The first-order valence-electron chi connectivity index (χ1n) is 8.16. The molecule has 2 fully saturated rings. The third kappa shape index (κ3) is 4.68. The quantitative estimate of drug-likeness (QED) is 0.869. The third-order valence-electron chi connectivity index (χ3n) is 4.02. The van der Waals surface area contributed by atoms with E-state index in [1.54, 1.807) is 6.07 Å². The second kappa shape index (κ2) is 8.12. The number of halogens is 1. The van der Waals surface area contributed by atoms with Crippen LogP contribution in [-0.2, 0) is 24.0 Å². The Kier molecular flexibility index (Phi) is 6.64. The molecule has 3 rings (SSSR count). The standard InChI is InChI=1S/C14H18ClNO5S.C2H6/c15-11-6-2-1-5-10(11)13-12(9-19-22(16,17)18)20-14(21-13)7-3-4-8-14;1-2/h1-2,5-6,12-13H,3-4,7-9H2,(H2,16,17,18);1-2H3. The van der Waals surface area contributed by atoms with E-state index < -0.39 is 28.3 Å². The lowest BCUT2D eigenvalue weighted by Crippen LogP contribution is -2.29. The van der Waals surface area contributed by atoms with Gasteiger partial charge in [0.1, 0.15) is 12.2 Å². The van der Waals surface area contributed by atoms with Gasteiger partial charge in [-0.2, -0.15) is 8.42 Å². The van der Waals surface area contributed by atoms with Crippen LogP contribution in [0.3, 0.4) is 0 Å². The van der Waals surface area contributed by atoms with Crippen LogP contribution >= 0.6 is 11.6 Å². The van der Waals surface area contributed by atoms with Crippen molar-refractivity contribution in [3.63, 3.8) is 0 Å². The topological polar surface area (TPSA) is 87.9 Å². The fraction of sp³-hybridized carbons (Fsp3) is 0.625. The Hall–Kier alpha value is -0.700. The third-order valence-corrected chi connectivity index (χ3v) is 4.83.